The Kier molecular flexibility index (Phi) is 5.03. The van der Waals surface area contributed by atoms with Crippen molar-refractivity contribution in [1.82, 2.24) is 5.32 Å². The number of hydrogen-bond acceptors (Lipinski definition) is 4. The number of amides is 1. The van der Waals surface area contributed by atoms with Gasteiger partial charge in [0.25, 0.3) is 0 Å². The maximum atomic E-state index is 12.5. The first-order chi connectivity index (χ1) is 10.0. The Morgan fingerprint density at radius 2 is 2.19 bits per heavy atom. The summed E-state index contributed by atoms with van der Waals surface area (Å²) in [4.78, 5) is 12.3. The van der Waals surface area contributed by atoms with E-state index in [0.717, 1.165) is 0 Å². The third kappa shape index (κ3) is 3.65. The Morgan fingerprint density at radius 1 is 1.43 bits per heavy atom. The molecule has 21 heavy (non-hydrogen) atoms. The molecule has 2 rings (SSSR count). The first kappa shape index (κ1) is 15.6. The van der Waals surface area contributed by atoms with Crippen LogP contribution in [0.2, 0.25) is 5.02 Å². The molecule has 1 heterocycles. The van der Waals surface area contributed by atoms with Crippen molar-refractivity contribution < 1.29 is 13.4 Å². The molecule has 1 aromatic carbocycles. The molecule has 5 nitrogen and oxygen atoms in total. The standard InChI is InChI=1S/C14H15ClN2O3S/c1-9(14(18)17-8-10-4-3-7-20-10)21(19)13-11(15)5-2-6-12(13)16/h2-7,9H,8,16H2,1H3,(H,17,18). The lowest BCUT2D eigenvalue weighted by Crippen LogP contribution is -2.35. The maximum absolute atomic E-state index is 12.5. The SMILES string of the molecule is CC(C(=O)NCc1ccco1)S(=O)c1c(N)cccc1Cl. The predicted octanol–water partition coefficient (Wildman–Crippen LogP) is 2.33. The molecule has 1 amide bonds. The number of hydrogen-bond donors (Lipinski definition) is 2. The van der Waals surface area contributed by atoms with Crippen molar-refractivity contribution in [2.75, 3.05) is 5.73 Å². The normalized spacial score (nSPS) is 13.6. The topological polar surface area (TPSA) is 85.3 Å². The number of nitrogens with two attached hydrogens (primary N) is 1. The molecular weight excluding hydrogens is 312 g/mol. The van der Waals surface area contributed by atoms with Gasteiger partial charge in [0, 0.05) is 5.69 Å². The van der Waals surface area contributed by atoms with Crippen LogP contribution in [0.4, 0.5) is 5.69 Å². The monoisotopic (exact) mass is 326 g/mol. The third-order valence-electron chi connectivity index (χ3n) is 2.91. The van der Waals surface area contributed by atoms with Gasteiger partial charge in [0.2, 0.25) is 5.91 Å². The van der Waals surface area contributed by atoms with Crippen molar-refractivity contribution in [3.63, 3.8) is 0 Å². The van der Waals surface area contributed by atoms with Crippen molar-refractivity contribution in [1.29, 1.82) is 0 Å². The summed E-state index contributed by atoms with van der Waals surface area (Å²) < 4.78 is 17.6. The van der Waals surface area contributed by atoms with E-state index >= 15 is 0 Å². The van der Waals surface area contributed by atoms with E-state index in [-0.39, 0.29) is 12.5 Å². The molecule has 2 aromatic rings. The highest BCUT2D eigenvalue weighted by Crippen LogP contribution is 2.27. The fourth-order valence-electron chi connectivity index (χ4n) is 1.74. The molecule has 0 spiro atoms. The highest BCUT2D eigenvalue weighted by atomic mass is 35.5. The number of furan rings is 1. The highest BCUT2D eigenvalue weighted by molar-refractivity contribution is 7.86. The molecule has 2 unspecified atom stereocenters. The molecule has 0 aliphatic rings. The van der Waals surface area contributed by atoms with Gasteiger partial charge in [0.05, 0.1) is 33.5 Å². The second-order valence-corrected chi connectivity index (χ2v) is 6.51. The van der Waals surface area contributed by atoms with Crippen LogP contribution in [0.3, 0.4) is 0 Å². The van der Waals surface area contributed by atoms with Gasteiger partial charge in [-0.05, 0) is 31.2 Å². The number of benzene rings is 1. The number of nitrogen functional groups attached to an aromatic ring is 1. The minimum atomic E-state index is -1.63. The largest absolute Gasteiger partial charge is 0.467 e. The van der Waals surface area contributed by atoms with Crippen LogP contribution >= 0.6 is 11.6 Å². The molecule has 7 heteroatoms. The molecule has 112 valence electrons. The van der Waals surface area contributed by atoms with Crippen molar-refractivity contribution in [2.24, 2.45) is 0 Å². The lowest BCUT2D eigenvalue weighted by molar-refractivity contribution is -0.120. The molecule has 0 saturated carbocycles. The van der Waals surface area contributed by atoms with Gasteiger partial charge in [0.15, 0.2) is 0 Å². The van der Waals surface area contributed by atoms with Crippen molar-refractivity contribution in [2.45, 2.75) is 23.6 Å². The summed E-state index contributed by atoms with van der Waals surface area (Å²) >= 11 is 6.01. The number of nitrogens with one attached hydrogen (secondary N) is 1. The van der Waals surface area contributed by atoms with Gasteiger partial charge >= 0.3 is 0 Å². The van der Waals surface area contributed by atoms with Crippen molar-refractivity contribution in [3.8, 4) is 0 Å². The number of halogens is 1. The van der Waals surface area contributed by atoms with Crippen LogP contribution in [0.25, 0.3) is 0 Å². The first-order valence-corrected chi connectivity index (χ1v) is 7.84. The van der Waals surface area contributed by atoms with E-state index in [1.165, 1.54) is 6.26 Å². The fraction of sp³-hybridized carbons (Fsp3) is 0.214. The quantitative estimate of drug-likeness (QED) is 0.826. The summed E-state index contributed by atoms with van der Waals surface area (Å²) in [5.41, 5.74) is 6.10. The Morgan fingerprint density at radius 3 is 2.81 bits per heavy atom. The molecule has 0 fully saturated rings. The lowest BCUT2D eigenvalue weighted by atomic mass is 10.3. The zero-order valence-electron chi connectivity index (χ0n) is 11.3. The second-order valence-electron chi connectivity index (χ2n) is 4.39. The van der Waals surface area contributed by atoms with E-state index in [4.69, 9.17) is 21.8 Å². The van der Waals surface area contributed by atoms with Gasteiger partial charge in [-0.1, -0.05) is 17.7 Å². The van der Waals surface area contributed by atoms with Crippen LogP contribution < -0.4 is 11.1 Å². The van der Waals surface area contributed by atoms with Gasteiger partial charge in [-0.3, -0.25) is 9.00 Å². The van der Waals surface area contributed by atoms with Gasteiger partial charge in [0.1, 0.15) is 11.0 Å². The summed E-state index contributed by atoms with van der Waals surface area (Å²) in [5, 5.41) is 2.18. The summed E-state index contributed by atoms with van der Waals surface area (Å²) in [7, 11) is -1.63. The summed E-state index contributed by atoms with van der Waals surface area (Å²) in [6.45, 7) is 1.81. The number of rotatable bonds is 5. The number of carbonyl (C=O) groups is 1. The van der Waals surface area contributed by atoms with E-state index in [9.17, 15) is 9.00 Å². The van der Waals surface area contributed by atoms with Crippen LogP contribution in [0.5, 0.6) is 0 Å². The van der Waals surface area contributed by atoms with Gasteiger partial charge in [-0.25, -0.2) is 0 Å². The van der Waals surface area contributed by atoms with E-state index < -0.39 is 16.0 Å². The molecule has 0 aliphatic heterocycles. The summed E-state index contributed by atoms with van der Waals surface area (Å²) in [5.74, 6) is 0.266. The molecule has 0 bridgehead atoms. The molecular formula is C14H15ClN2O3S. The third-order valence-corrected chi connectivity index (χ3v) is 5.05. The highest BCUT2D eigenvalue weighted by Gasteiger charge is 2.24. The van der Waals surface area contributed by atoms with Gasteiger partial charge in [-0.15, -0.1) is 0 Å². The second kappa shape index (κ2) is 6.78. The predicted molar refractivity (Wildman–Crippen MR) is 82.3 cm³/mol. The van der Waals surface area contributed by atoms with Crippen LogP contribution in [0.1, 0.15) is 12.7 Å². The average molecular weight is 327 g/mol. The average Bonchev–Trinajstić information content (AvgIpc) is 2.96. The first-order valence-electron chi connectivity index (χ1n) is 6.25. The van der Waals surface area contributed by atoms with Crippen LogP contribution in [-0.4, -0.2) is 15.4 Å². The minimum absolute atomic E-state index is 0.241. The van der Waals surface area contributed by atoms with Gasteiger partial charge < -0.3 is 15.5 Å². The van der Waals surface area contributed by atoms with E-state index in [1.807, 2.05) is 0 Å². The molecule has 1 aromatic heterocycles. The van der Waals surface area contributed by atoms with Crippen LogP contribution in [-0.2, 0) is 22.1 Å². The maximum Gasteiger partial charge on any atom is 0.236 e. The minimum Gasteiger partial charge on any atom is -0.467 e. The van der Waals surface area contributed by atoms with E-state index in [1.54, 1.807) is 37.3 Å². The zero-order valence-corrected chi connectivity index (χ0v) is 12.9. The molecule has 0 radical (unpaired) electrons. The Bertz CT molecular complexity index is 638. The molecule has 0 aliphatic carbocycles. The van der Waals surface area contributed by atoms with E-state index in [2.05, 4.69) is 5.32 Å². The Labute approximate surface area is 129 Å². The number of anilines is 1. The Hall–Kier alpha value is -1.79. The fourth-order valence-corrected chi connectivity index (χ4v) is 3.34. The molecule has 2 atom stereocenters. The zero-order chi connectivity index (χ0) is 15.4. The Balaban J connectivity index is 2.06. The number of carbonyl (C=O) groups excluding carboxylic acids is 1. The van der Waals surface area contributed by atoms with Crippen LogP contribution in [0, 0.1) is 0 Å². The molecule has 0 saturated heterocycles. The summed E-state index contributed by atoms with van der Waals surface area (Å²) in [6.07, 6.45) is 1.52. The van der Waals surface area contributed by atoms with Crippen molar-refractivity contribution in [3.05, 3.63) is 47.4 Å². The summed E-state index contributed by atoms with van der Waals surface area (Å²) in [6, 6.07) is 8.34. The van der Waals surface area contributed by atoms with Crippen LogP contribution in [0.15, 0.2) is 45.9 Å². The molecule has 3 N–H and O–H groups in total. The smallest absolute Gasteiger partial charge is 0.236 e. The van der Waals surface area contributed by atoms with E-state index in [0.29, 0.717) is 21.4 Å². The lowest BCUT2D eigenvalue weighted by Gasteiger charge is -2.14. The van der Waals surface area contributed by atoms with Crippen molar-refractivity contribution >= 4 is 34.0 Å². The van der Waals surface area contributed by atoms with Gasteiger partial charge in [-0.2, -0.15) is 0 Å².